The summed E-state index contributed by atoms with van der Waals surface area (Å²) >= 11 is 0. The molecule has 0 aliphatic rings. The molecule has 0 aliphatic heterocycles. The molecule has 3 amide bonds. The zero-order chi connectivity index (χ0) is 15.2. The summed E-state index contributed by atoms with van der Waals surface area (Å²) in [6.45, 7) is 2.35. The number of aliphatic carboxylic acids is 1. The Morgan fingerprint density at radius 2 is 1.42 bits per heavy atom. The van der Waals surface area contributed by atoms with Crippen molar-refractivity contribution >= 4 is 23.7 Å². The summed E-state index contributed by atoms with van der Waals surface area (Å²) in [5.41, 5.74) is 9.15. The number of hydrogen-bond donors (Lipinski definition) is 3. The van der Waals surface area contributed by atoms with Gasteiger partial charge in [0.2, 0.25) is 17.7 Å². The van der Waals surface area contributed by atoms with Crippen LogP contribution in [0.2, 0.25) is 0 Å². The number of carbonyl (C=O) groups excluding carboxylic acids is 3. The monoisotopic (exact) mass is 273 g/mol. The largest absolute Gasteiger partial charge is 0.481 e. The quantitative estimate of drug-likeness (QED) is 0.502. The molecule has 0 saturated heterocycles. The van der Waals surface area contributed by atoms with Crippen molar-refractivity contribution < 1.29 is 24.3 Å². The van der Waals surface area contributed by atoms with Gasteiger partial charge in [-0.25, -0.2) is 0 Å². The molecule has 0 spiro atoms. The molecule has 0 unspecified atom stereocenters. The Morgan fingerprint density at radius 1 is 1.00 bits per heavy atom. The van der Waals surface area contributed by atoms with E-state index in [0.717, 1.165) is 4.90 Å². The van der Waals surface area contributed by atoms with E-state index in [0.29, 0.717) is 0 Å². The fourth-order valence-electron chi connectivity index (χ4n) is 1.60. The summed E-state index contributed by atoms with van der Waals surface area (Å²) in [5.74, 6) is -3.12. The number of hydrogen-bond acceptors (Lipinski definition) is 4. The summed E-state index contributed by atoms with van der Waals surface area (Å²) in [7, 11) is 0. The molecule has 0 aliphatic carbocycles. The van der Waals surface area contributed by atoms with Gasteiger partial charge in [0.05, 0.1) is 19.5 Å². The smallest absolute Gasteiger partial charge is 0.303 e. The van der Waals surface area contributed by atoms with E-state index in [4.69, 9.17) is 16.6 Å². The van der Waals surface area contributed by atoms with Crippen LogP contribution in [-0.2, 0) is 19.2 Å². The Kier molecular flexibility index (Phi) is 5.97. The summed E-state index contributed by atoms with van der Waals surface area (Å²) < 4.78 is 0. The zero-order valence-corrected chi connectivity index (χ0v) is 11.0. The number of carbonyl (C=O) groups is 4. The SMILES string of the molecule is CC(C)(CC(=O)O)CC(=O)N(CC(N)=O)CC(N)=O. The van der Waals surface area contributed by atoms with Gasteiger partial charge in [0.15, 0.2) is 0 Å². The van der Waals surface area contributed by atoms with Crippen LogP contribution in [-0.4, -0.2) is 46.8 Å². The number of nitrogens with two attached hydrogens (primary N) is 2. The molecule has 0 saturated carbocycles. The van der Waals surface area contributed by atoms with E-state index >= 15 is 0 Å². The van der Waals surface area contributed by atoms with Crippen LogP contribution in [0.15, 0.2) is 0 Å². The predicted molar refractivity (Wildman–Crippen MR) is 65.6 cm³/mol. The molecular weight excluding hydrogens is 254 g/mol. The van der Waals surface area contributed by atoms with Gasteiger partial charge in [0.25, 0.3) is 0 Å². The molecule has 5 N–H and O–H groups in total. The van der Waals surface area contributed by atoms with Gasteiger partial charge < -0.3 is 21.5 Å². The summed E-state index contributed by atoms with van der Waals surface area (Å²) in [6, 6.07) is 0. The minimum absolute atomic E-state index is 0.125. The van der Waals surface area contributed by atoms with Crippen LogP contribution >= 0.6 is 0 Å². The Morgan fingerprint density at radius 3 is 1.74 bits per heavy atom. The third-order valence-corrected chi connectivity index (χ3v) is 2.31. The second-order valence-corrected chi connectivity index (χ2v) is 5.09. The normalized spacial score (nSPS) is 10.8. The third-order valence-electron chi connectivity index (χ3n) is 2.31. The number of rotatable bonds is 8. The highest BCUT2D eigenvalue weighted by Crippen LogP contribution is 2.25. The molecule has 0 aromatic carbocycles. The van der Waals surface area contributed by atoms with Crippen molar-refractivity contribution in [3.8, 4) is 0 Å². The van der Waals surface area contributed by atoms with E-state index in [2.05, 4.69) is 0 Å². The second kappa shape index (κ2) is 6.72. The number of nitrogens with zero attached hydrogens (tertiary/aromatic N) is 1. The maximum absolute atomic E-state index is 11.9. The van der Waals surface area contributed by atoms with Crippen molar-refractivity contribution in [2.75, 3.05) is 13.1 Å². The molecule has 0 aromatic rings. The molecule has 0 fully saturated rings. The van der Waals surface area contributed by atoms with Gasteiger partial charge in [-0.2, -0.15) is 0 Å². The average molecular weight is 273 g/mol. The van der Waals surface area contributed by atoms with Crippen molar-refractivity contribution in [2.45, 2.75) is 26.7 Å². The fourth-order valence-corrected chi connectivity index (χ4v) is 1.60. The van der Waals surface area contributed by atoms with Crippen LogP contribution in [0.3, 0.4) is 0 Å². The van der Waals surface area contributed by atoms with Crippen LogP contribution in [0.5, 0.6) is 0 Å². The number of carboxylic acid groups (broad SMARTS) is 1. The first-order chi connectivity index (χ1) is 8.53. The maximum Gasteiger partial charge on any atom is 0.303 e. The van der Waals surface area contributed by atoms with Crippen LogP contribution in [0.1, 0.15) is 26.7 Å². The molecule has 108 valence electrons. The highest BCUT2D eigenvalue weighted by molar-refractivity contribution is 5.88. The van der Waals surface area contributed by atoms with E-state index in [1.54, 1.807) is 13.8 Å². The second-order valence-electron chi connectivity index (χ2n) is 5.09. The van der Waals surface area contributed by atoms with Gasteiger partial charge in [0.1, 0.15) is 0 Å². The van der Waals surface area contributed by atoms with Gasteiger partial charge in [-0.1, -0.05) is 13.8 Å². The van der Waals surface area contributed by atoms with E-state index in [9.17, 15) is 19.2 Å². The molecule has 0 radical (unpaired) electrons. The summed E-state index contributed by atoms with van der Waals surface area (Å²) in [4.78, 5) is 45.1. The third kappa shape index (κ3) is 7.74. The van der Waals surface area contributed by atoms with Crippen LogP contribution in [0, 0.1) is 5.41 Å². The first kappa shape index (κ1) is 16.9. The minimum Gasteiger partial charge on any atom is -0.481 e. The van der Waals surface area contributed by atoms with Crippen LogP contribution < -0.4 is 11.5 Å². The van der Waals surface area contributed by atoms with Gasteiger partial charge in [-0.3, -0.25) is 19.2 Å². The Bertz CT molecular complexity index is 376. The fraction of sp³-hybridized carbons (Fsp3) is 0.636. The molecule has 0 aromatic heterocycles. The highest BCUT2D eigenvalue weighted by atomic mass is 16.4. The Balaban J connectivity index is 4.75. The van der Waals surface area contributed by atoms with Gasteiger partial charge in [0, 0.05) is 6.42 Å². The van der Waals surface area contributed by atoms with E-state index < -0.39 is 42.2 Å². The van der Waals surface area contributed by atoms with E-state index in [1.165, 1.54) is 0 Å². The van der Waals surface area contributed by atoms with Crippen molar-refractivity contribution in [1.82, 2.24) is 4.90 Å². The number of amides is 3. The molecule has 8 nitrogen and oxygen atoms in total. The van der Waals surface area contributed by atoms with Gasteiger partial charge in [-0.15, -0.1) is 0 Å². The lowest BCUT2D eigenvalue weighted by Crippen LogP contribution is -2.44. The summed E-state index contributed by atoms with van der Waals surface area (Å²) in [6.07, 6.45) is -0.334. The molecule has 0 heterocycles. The first-order valence-electron chi connectivity index (χ1n) is 5.59. The van der Waals surface area contributed by atoms with Gasteiger partial charge >= 0.3 is 5.97 Å². The van der Waals surface area contributed by atoms with E-state index in [-0.39, 0.29) is 12.8 Å². The van der Waals surface area contributed by atoms with Crippen molar-refractivity contribution in [3.05, 3.63) is 0 Å². The van der Waals surface area contributed by atoms with Crippen molar-refractivity contribution in [3.63, 3.8) is 0 Å². The van der Waals surface area contributed by atoms with Crippen molar-refractivity contribution in [2.24, 2.45) is 16.9 Å². The molecule has 0 bridgehead atoms. The molecule has 8 heteroatoms. The lowest BCUT2D eigenvalue weighted by molar-refractivity contribution is -0.143. The summed E-state index contributed by atoms with van der Waals surface area (Å²) in [5, 5.41) is 8.72. The van der Waals surface area contributed by atoms with Gasteiger partial charge in [-0.05, 0) is 5.41 Å². The maximum atomic E-state index is 11.9. The first-order valence-corrected chi connectivity index (χ1v) is 5.59. The topological polar surface area (TPSA) is 144 Å². The molecule has 0 rings (SSSR count). The van der Waals surface area contributed by atoms with E-state index in [1.807, 2.05) is 0 Å². The van der Waals surface area contributed by atoms with Crippen LogP contribution in [0.4, 0.5) is 0 Å². The average Bonchev–Trinajstić information content (AvgIpc) is 2.11. The molecule has 19 heavy (non-hydrogen) atoms. The zero-order valence-electron chi connectivity index (χ0n) is 11.0. The Labute approximate surface area is 110 Å². The lowest BCUT2D eigenvalue weighted by Gasteiger charge is -2.26. The number of primary amides is 2. The molecular formula is C11H19N3O5. The predicted octanol–water partition coefficient (Wildman–Crippen LogP) is -1.32. The van der Waals surface area contributed by atoms with Crippen molar-refractivity contribution in [1.29, 1.82) is 0 Å². The minimum atomic E-state index is -1.03. The van der Waals surface area contributed by atoms with Crippen LogP contribution in [0.25, 0.3) is 0 Å². The lowest BCUT2D eigenvalue weighted by atomic mass is 9.85. The number of carboxylic acids is 1. The molecule has 0 atom stereocenters. The standard InChI is InChI=1S/C11H19N3O5/c1-11(2,4-10(18)19)3-9(17)14(5-7(12)15)6-8(13)16/h3-6H2,1-2H3,(H2,12,15)(H2,13,16)(H,18,19). The Hall–Kier alpha value is -2.12. The highest BCUT2D eigenvalue weighted by Gasteiger charge is 2.28.